The summed E-state index contributed by atoms with van der Waals surface area (Å²) < 4.78 is 5.48. The summed E-state index contributed by atoms with van der Waals surface area (Å²) in [6, 6.07) is 14.9. The van der Waals surface area contributed by atoms with Gasteiger partial charge in [0.05, 0.1) is 6.42 Å². The Balaban J connectivity index is 1.20. The van der Waals surface area contributed by atoms with Gasteiger partial charge in [0.2, 0.25) is 5.91 Å². The summed E-state index contributed by atoms with van der Waals surface area (Å²) in [5.41, 5.74) is 4.60. The molecule has 0 radical (unpaired) electrons. The van der Waals surface area contributed by atoms with Gasteiger partial charge >= 0.3 is 12.1 Å². The topological polar surface area (TPSA) is 105 Å². The van der Waals surface area contributed by atoms with Crippen LogP contribution in [0.1, 0.15) is 49.1 Å². The molecule has 0 aromatic heterocycles. The molecule has 0 heterocycles. The Bertz CT molecular complexity index is 1050. The number of carbonyl (C=O) groups excluding carboxylic acids is 2. The fourth-order valence-corrected chi connectivity index (χ4v) is 5.70. The molecule has 3 aliphatic carbocycles. The maximum atomic E-state index is 12.7. The molecule has 3 atom stereocenters. The third kappa shape index (κ3) is 4.19. The normalized spacial score (nSPS) is 23.1. The van der Waals surface area contributed by atoms with Crippen LogP contribution in [0.3, 0.4) is 0 Å². The molecule has 5 rings (SSSR count). The maximum Gasteiger partial charge on any atom is 0.407 e. The molecule has 2 fully saturated rings. The molecular formula is C26H28N2O5. The van der Waals surface area contributed by atoms with Crippen LogP contribution in [0.15, 0.2) is 48.5 Å². The van der Waals surface area contributed by atoms with Crippen molar-refractivity contribution in [3.8, 4) is 11.1 Å². The van der Waals surface area contributed by atoms with E-state index < -0.39 is 30.4 Å². The molecule has 2 aromatic carbocycles. The van der Waals surface area contributed by atoms with Gasteiger partial charge in [0.1, 0.15) is 12.6 Å². The number of carboxylic acid groups (broad SMARTS) is 1. The van der Waals surface area contributed by atoms with E-state index in [0.717, 1.165) is 35.1 Å². The summed E-state index contributed by atoms with van der Waals surface area (Å²) in [5.74, 6) is -1.07. The maximum absolute atomic E-state index is 12.7. The van der Waals surface area contributed by atoms with E-state index in [-0.39, 0.29) is 17.9 Å². The minimum Gasteiger partial charge on any atom is -0.481 e. The first-order chi connectivity index (χ1) is 16.0. The van der Waals surface area contributed by atoms with Crippen molar-refractivity contribution in [2.45, 2.75) is 44.1 Å². The molecule has 3 unspecified atom stereocenters. The number of benzene rings is 2. The molecule has 2 amide bonds. The van der Waals surface area contributed by atoms with E-state index in [2.05, 4.69) is 22.8 Å². The lowest BCUT2D eigenvalue weighted by Crippen LogP contribution is -2.49. The Morgan fingerprint density at radius 3 is 2.30 bits per heavy atom. The molecule has 3 N–H and O–H groups in total. The van der Waals surface area contributed by atoms with Crippen molar-refractivity contribution in [1.82, 2.24) is 10.6 Å². The van der Waals surface area contributed by atoms with Crippen molar-refractivity contribution in [2.75, 3.05) is 13.2 Å². The molecule has 3 aliphatic rings. The second-order valence-electron chi connectivity index (χ2n) is 9.49. The van der Waals surface area contributed by atoms with E-state index >= 15 is 0 Å². The van der Waals surface area contributed by atoms with Crippen molar-refractivity contribution in [3.05, 3.63) is 59.7 Å². The number of fused-ring (bicyclic) bond motifs is 4. The van der Waals surface area contributed by atoms with Gasteiger partial charge in [-0.25, -0.2) is 4.79 Å². The molecular weight excluding hydrogens is 420 g/mol. The zero-order valence-corrected chi connectivity index (χ0v) is 18.4. The van der Waals surface area contributed by atoms with E-state index in [9.17, 15) is 19.5 Å². The van der Waals surface area contributed by atoms with Crippen LogP contribution >= 0.6 is 0 Å². The van der Waals surface area contributed by atoms with Crippen LogP contribution in [-0.4, -0.2) is 42.3 Å². The van der Waals surface area contributed by atoms with Gasteiger partial charge in [-0.05, 0) is 52.8 Å². The van der Waals surface area contributed by atoms with Crippen molar-refractivity contribution < 1.29 is 24.2 Å². The Morgan fingerprint density at radius 2 is 1.73 bits per heavy atom. The van der Waals surface area contributed by atoms with Crippen LogP contribution < -0.4 is 10.6 Å². The lowest BCUT2D eigenvalue weighted by molar-refractivity contribution is -0.139. The number of rotatable bonds is 8. The highest BCUT2D eigenvalue weighted by atomic mass is 16.5. The van der Waals surface area contributed by atoms with E-state index in [1.165, 1.54) is 12.8 Å². The first-order valence-electron chi connectivity index (χ1n) is 11.6. The van der Waals surface area contributed by atoms with Gasteiger partial charge in [-0.1, -0.05) is 55.0 Å². The Morgan fingerprint density at radius 1 is 1.06 bits per heavy atom. The third-order valence-corrected chi connectivity index (χ3v) is 7.53. The van der Waals surface area contributed by atoms with Crippen molar-refractivity contribution >= 4 is 18.0 Å². The minimum atomic E-state index is -1.17. The highest BCUT2D eigenvalue weighted by molar-refractivity contribution is 5.89. The molecule has 0 bridgehead atoms. The predicted molar refractivity (Wildman–Crippen MR) is 122 cm³/mol. The van der Waals surface area contributed by atoms with Crippen LogP contribution in [-0.2, 0) is 14.3 Å². The smallest absolute Gasteiger partial charge is 0.407 e. The zero-order chi connectivity index (χ0) is 23.0. The first kappa shape index (κ1) is 21.5. The molecule has 2 aromatic rings. The molecule has 2 saturated carbocycles. The summed E-state index contributed by atoms with van der Waals surface area (Å²) in [6.45, 7) is 0.644. The fourth-order valence-electron chi connectivity index (χ4n) is 5.70. The van der Waals surface area contributed by atoms with E-state index in [0.29, 0.717) is 12.5 Å². The van der Waals surface area contributed by atoms with Crippen LogP contribution in [0, 0.1) is 11.3 Å². The number of ether oxygens (including phenoxy) is 1. The number of carbonyl (C=O) groups is 3. The van der Waals surface area contributed by atoms with Gasteiger partial charge in [0.25, 0.3) is 0 Å². The van der Waals surface area contributed by atoms with Crippen molar-refractivity contribution in [3.63, 3.8) is 0 Å². The summed E-state index contributed by atoms with van der Waals surface area (Å²) in [7, 11) is 0. The van der Waals surface area contributed by atoms with Crippen LogP contribution in [0.25, 0.3) is 11.1 Å². The van der Waals surface area contributed by atoms with Gasteiger partial charge in [0.15, 0.2) is 0 Å². The largest absolute Gasteiger partial charge is 0.481 e. The number of carboxylic acids is 1. The number of hydrogen-bond acceptors (Lipinski definition) is 4. The number of nitrogens with one attached hydrogen (secondary N) is 2. The molecule has 7 heteroatoms. The monoisotopic (exact) mass is 448 g/mol. The van der Waals surface area contributed by atoms with Crippen LogP contribution in [0.4, 0.5) is 4.79 Å². The average Bonchev–Trinajstić information content (AvgIpc) is 3.19. The van der Waals surface area contributed by atoms with E-state index in [4.69, 9.17) is 4.74 Å². The van der Waals surface area contributed by atoms with Gasteiger partial charge in [-0.2, -0.15) is 0 Å². The lowest BCUT2D eigenvalue weighted by Gasteiger charge is -2.20. The predicted octanol–water partition coefficient (Wildman–Crippen LogP) is 3.67. The molecule has 172 valence electrons. The number of hydrogen-bond donors (Lipinski definition) is 3. The third-order valence-electron chi connectivity index (χ3n) is 7.53. The number of alkyl carbamates (subject to hydrolysis) is 1. The molecule has 0 saturated heterocycles. The Kier molecular flexibility index (Phi) is 5.56. The molecule has 0 aliphatic heterocycles. The summed E-state index contributed by atoms with van der Waals surface area (Å²) in [6.07, 6.45) is 3.31. The highest BCUT2D eigenvalue weighted by Crippen LogP contribution is 2.63. The quantitative estimate of drug-likeness (QED) is 0.572. The second kappa shape index (κ2) is 8.54. The fraction of sp³-hybridized carbons (Fsp3) is 0.423. The summed E-state index contributed by atoms with van der Waals surface area (Å²) in [4.78, 5) is 36.5. The molecule has 0 spiro atoms. The van der Waals surface area contributed by atoms with Crippen molar-refractivity contribution in [1.29, 1.82) is 0 Å². The molecule has 7 nitrogen and oxygen atoms in total. The molecule has 33 heavy (non-hydrogen) atoms. The van der Waals surface area contributed by atoms with E-state index in [1.54, 1.807) is 0 Å². The lowest BCUT2D eigenvalue weighted by atomic mass is 9.98. The van der Waals surface area contributed by atoms with Gasteiger partial charge < -0.3 is 20.5 Å². The van der Waals surface area contributed by atoms with E-state index in [1.807, 2.05) is 36.4 Å². The van der Waals surface area contributed by atoms with Gasteiger partial charge in [-0.15, -0.1) is 0 Å². The summed E-state index contributed by atoms with van der Waals surface area (Å²) >= 11 is 0. The SMILES string of the molecule is O=C(O)CC(NC(=O)OCC1c2ccccc2-c2ccccc21)C(=O)NCC12CCCC1C2. The Hall–Kier alpha value is -3.35. The zero-order valence-electron chi connectivity index (χ0n) is 18.4. The van der Waals surface area contributed by atoms with Gasteiger partial charge in [0, 0.05) is 12.5 Å². The number of aliphatic carboxylic acids is 1. The highest BCUT2D eigenvalue weighted by Gasteiger charge is 2.56. The van der Waals surface area contributed by atoms with Crippen LogP contribution in [0.5, 0.6) is 0 Å². The number of amides is 2. The standard InChI is InChI=1S/C26H28N2O5/c29-23(30)12-22(24(31)27-15-26-11-5-6-16(26)13-26)28-25(32)33-14-21-19-9-3-1-7-17(19)18-8-2-4-10-20(18)21/h1-4,7-10,16,21-22H,5-6,11-15H2,(H,27,31)(H,28,32)(H,29,30). The Labute approximate surface area is 192 Å². The average molecular weight is 449 g/mol. The summed E-state index contributed by atoms with van der Waals surface area (Å²) in [5, 5.41) is 14.6. The first-order valence-corrected chi connectivity index (χ1v) is 11.6. The minimum absolute atomic E-state index is 0.103. The van der Waals surface area contributed by atoms with Gasteiger partial charge in [-0.3, -0.25) is 9.59 Å². The van der Waals surface area contributed by atoms with Crippen molar-refractivity contribution in [2.24, 2.45) is 11.3 Å². The van der Waals surface area contributed by atoms with Crippen LogP contribution in [0.2, 0.25) is 0 Å². The second-order valence-corrected chi connectivity index (χ2v) is 9.49.